The Morgan fingerprint density at radius 2 is 1.89 bits per heavy atom. The molecule has 0 unspecified atom stereocenters. The Labute approximate surface area is 231 Å². The van der Waals surface area contributed by atoms with Gasteiger partial charge in [0, 0.05) is 41.8 Å². The third kappa shape index (κ3) is 5.12. The van der Waals surface area contributed by atoms with E-state index in [4.69, 9.17) is 18.9 Å². The Hall–Kier alpha value is -3.10. The number of carbonyl (C=O) groups is 2. The third-order valence-corrected chi connectivity index (χ3v) is 8.18. The number of benzene rings is 2. The van der Waals surface area contributed by atoms with E-state index in [9.17, 15) is 9.59 Å². The Balaban J connectivity index is 1.53. The second-order valence-corrected chi connectivity index (χ2v) is 10.7. The Bertz CT molecular complexity index is 1310. The maximum atomic E-state index is 13.9. The number of hydrogen-bond donors (Lipinski definition) is 1. The Morgan fingerprint density at radius 1 is 1.11 bits per heavy atom. The molecule has 8 heteroatoms. The lowest BCUT2D eigenvalue weighted by atomic mass is 9.71. The number of methoxy groups -OCH3 is 2. The highest BCUT2D eigenvalue weighted by atomic mass is 79.9. The van der Waals surface area contributed by atoms with Gasteiger partial charge in [-0.2, -0.15) is 0 Å². The van der Waals surface area contributed by atoms with E-state index in [1.807, 2.05) is 49.4 Å². The normalized spacial score (nSPS) is 23.2. The van der Waals surface area contributed by atoms with Crippen molar-refractivity contribution in [3.63, 3.8) is 0 Å². The highest BCUT2D eigenvalue weighted by Crippen LogP contribution is 2.47. The molecule has 1 aliphatic carbocycles. The van der Waals surface area contributed by atoms with Gasteiger partial charge in [0.25, 0.3) is 0 Å². The van der Waals surface area contributed by atoms with Crippen molar-refractivity contribution in [2.24, 2.45) is 0 Å². The maximum Gasteiger partial charge on any atom is 0.336 e. The van der Waals surface area contributed by atoms with E-state index in [2.05, 4.69) is 21.2 Å². The molecule has 5 rings (SSSR count). The molecule has 0 aromatic heterocycles. The number of Topliss-reactive ketones (excluding diaryl/α,β-unsaturated/α-hetero) is 1. The topological polar surface area (TPSA) is 83.1 Å². The summed E-state index contributed by atoms with van der Waals surface area (Å²) in [5, 5.41) is 3.41. The van der Waals surface area contributed by atoms with Gasteiger partial charge in [0.1, 0.15) is 18.1 Å². The molecule has 3 atom stereocenters. The van der Waals surface area contributed by atoms with Crippen molar-refractivity contribution in [1.29, 1.82) is 0 Å². The van der Waals surface area contributed by atoms with Crippen LogP contribution in [0.15, 0.2) is 69.5 Å². The van der Waals surface area contributed by atoms with Crippen LogP contribution < -0.4 is 14.8 Å². The number of dihydropyridines is 1. The summed E-state index contributed by atoms with van der Waals surface area (Å²) in [5.74, 6) is 0.417. The molecule has 0 spiro atoms. The van der Waals surface area contributed by atoms with Gasteiger partial charge >= 0.3 is 5.97 Å². The molecule has 0 amide bonds. The van der Waals surface area contributed by atoms with Gasteiger partial charge in [0.15, 0.2) is 5.78 Å². The number of hydrogen-bond acceptors (Lipinski definition) is 7. The first-order valence-electron chi connectivity index (χ1n) is 12.9. The number of ether oxygens (including phenoxy) is 4. The second kappa shape index (κ2) is 11.3. The van der Waals surface area contributed by atoms with Crippen LogP contribution in [0.3, 0.4) is 0 Å². The highest BCUT2D eigenvalue weighted by molar-refractivity contribution is 9.10. The van der Waals surface area contributed by atoms with E-state index in [0.29, 0.717) is 42.0 Å². The average molecular weight is 582 g/mol. The minimum absolute atomic E-state index is 0.00326. The number of nitrogens with one attached hydrogen (secondary N) is 1. The number of para-hydroxylation sites is 1. The van der Waals surface area contributed by atoms with E-state index < -0.39 is 11.9 Å². The van der Waals surface area contributed by atoms with Crippen molar-refractivity contribution in [3.8, 4) is 11.5 Å². The highest BCUT2D eigenvalue weighted by Gasteiger charge is 2.42. The molecule has 38 heavy (non-hydrogen) atoms. The maximum absolute atomic E-state index is 13.9. The van der Waals surface area contributed by atoms with Gasteiger partial charge in [0.2, 0.25) is 0 Å². The summed E-state index contributed by atoms with van der Waals surface area (Å²) in [6.07, 6.45) is 2.71. The molecule has 3 aliphatic rings. The van der Waals surface area contributed by atoms with Crippen molar-refractivity contribution in [1.82, 2.24) is 5.32 Å². The zero-order valence-electron chi connectivity index (χ0n) is 21.8. The number of ketones is 1. The summed E-state index contributed by atoms with van der Waals surface area (Å²) in [7, 11) is 3.25. The molecule has 0 bridgehead atoms. The lowest BCUT2D eigenvalue weighted by molar-refractivity contribution is -0.142. The van der Waals surface area contributed by atoms with E-state index in [1.54, 1.807) is 14.2 Å². The van der Waals surface area contributed by atoms with Gasteiger partial charge in [-0.1, -0.05) is 24.3 Å². The standard InChI is InChI=1S/C30H32BrNO6/c1-17-27(30(34)38-16-20-7-6-12-37-20)28(18-10-11-26(36-3)22(31)13-18)29-23(32-17)14-19(15-24(29)33)21-8-4-5-9-25(21)35-2/h4-5,8-11,13,19-20,28,32H,6-7,12,14-16H2,1-3H3/t19-,20+,28-/m1/s1. The summed E-state index contributed by atoms with van der Waals surface area (Å²) >= 11 is 3.58. The average Bonchev–Trinajstić information content (AvgIpc) is 3.44. The van der Waals surface area contributed by atoms with E-state index >= 15 is 0 Å². The molecule has 2 aromatic rings. The van der Waals surface area contributed by atoms with Crippen molar-refractivity contribution in [2.75, 3.05) is 27.4 Å². The summed E-state index contributed by atoms with van der Waals surface area (Å²) < 4.78 is 23.2. The second-order valence-electron chi connectivity index (χ2n) is 9.89. The van der Waals surface area contributed by atoms with E-state index in [1.165, 1.54) is 0 Å². The third-order valence-electron chi connectivity index (χ3n) is 7.56. The van der Waals surface area contributed by atoms with Crippen molar-refractivity contribution < 1.29 is 28.5 Å². The van der Waals surface area contributed by atoms with Crippen molar-refractivity contribution >= 4 is 27.7 Å². The van der Waals surface area contributed by atoms with Crippen LogP contribution in [0, 0.1) is 0 Å². The number of allylic oxidation sites excluding steroid dienone is 3. The van der Waals surface area contributed by atoms with Gasteiger partial charge in [-0.3, -0.25) is 4.79 Å². The SMILES string of the molecule is COc1ccc([C@@H]2C(C(=O)OC[C@@H]3CCCO3)=C(C)NC3=C2C(=O)C[C@H](c2ccccc2OC)C3)cc1Br. The van der Waals surface area contributed by atoms with Gasteiger partial charge < -0.3 is 24.3 Å². The van der Waals surface area contributed by atoms with Crippen molar-refractivity contribution in [3.05, 3.63) is 80.6 Å². The molecule has 200 valence electrons. The zero-order valence-corrected chi connectivity index (χ0v) is 23.4. The quantitative estimate of drug-likeness (QED) is 0.429. The lowest BCUT2D eigenvalue weighted by Gasteiger charge is -2.37. The van der Waals surface area contributed by atoms with Gasteiger partial charge in [-0.15, -0.1) is 0 Å². The molecule has 1 saturated heterocycles. The first-order chi connectivity index (χ1) is 18.4. The molecule has 2 heterocycles. The molecular formula is C30H32BrNO6. The summed E-state index contributed by atoms with van der Waals surface area (Å²) in [4.78, 5) is 27.4. The van der Waals surface area contributed by atoms with Crippen LogP contribution in [-0.4, -0.2) is 45.3 Å². The van der Waals surface area contributed by atoms with Crippen LogP contribution in [0.5, 0.6) is 11.5 Å². The van der Waals surface area contributed by atoms with Crippen LogP contribution in [0.1, 0.15) is 55.6 Å². The van der Waals surface area contributed by atoms with Crippen LogP contribution in [0.25, 0.3) is 0 Å². The van der Waals surface area contributed by atoms with Gasteiger partial charge in [-0.25, -0.2) is 4.79 Å². The zero-order chi connectivity index (χ0) is 26.8. The van der Waals surface area contributed by atoms with Gasteiger partial charge in [-0.05, 0) is 71.4 Å². The van der Waals surface area contributed by atoms with Gasteiger partial charge in [0.05, 0.1) is 30.4 Å². The fourth-order valence-corrected chi connectivity index (χ4v) is 6.31. The first kappa shape index (κ1) is 26.5. The van der Waals surface area contributed by atoms with Crippen LogP contribution in [0.2, 0.25) is 0 Å². The lowest BCUT2D eigenvalue weighted by Crippen LogP contribution is -2.36. The molecule has 0 radical (unpaired) electrons. The largest absolute Gasteiger partial charge is 0.496 e. The predicted molar refractivity (Wildman–Crippen MR) is 146 cm³/mol. The number of esters is 1. The minimum Gasteiger partial charge on any atom is -0.496 e. The smallest absolute Gasteiger partial charge is 0.336 e. The summed E-state index contributed by atoms with van der Waals surface area (Å²) in [5.41, 5.74) is 4.41. The fourth-order valence-electron chi connectivity index (χ4n) is 5.75. The Morgan fingerprint density at radius 3 is 2.61 bits per heavy atom. The van der Waals surface area contributed by atoms with Crippen LogP contribution in [0.4, 0.5) is 0 Å². The fraction of sp³-hybridized carbons (Fsp3) is 0.400. The molecule has 1 N–H and O–H groups in total. The Kier molecular flexibility index (Phi) is 7.91. The number of carbonyl (C=O) groups excluding carboxylic acids is 2. The van der Waals surface area contributed by atoms with Crippen molar-refractivity contribution in [2.45, 2.75) is 50.5 Å². The monoisotopic (exact) mass is 581 g/mol. The molecule has 2 aliphatic heterocycles. The molecule has 1 fully saturated rings. The van der Waals surface area contributed by atoms with E-state index in [-0.39, 0.29) is 24.4 Å². The van der Waals surface area contributed by atoms with Crippen LogP contribution >= 0.6 is 15.9 Å². The predicted octanol–water partition coefficient (Wildman–Crippen LogP) is 5.55. The first-order valence-corrected chi connectivity index (χ1v) is 13.7. The molecule has 7 nitrogen and oxygen atoms in total. The van der Waals surface area contributed by atoms with Crippen LogP contribution in [-0.2, 0) is 19.1 Å². The number of rotatable bonds is 7. The van der Waals surface area contributed by atoms with E-state index in [0.717, 1.165) is 39.9 Å². The molecule has 2 aromatic carbocycles. The molecular weight excluding hydrogens is 550 g/mol. The molecule has 0 saturated carbocycles. The number of halogens is 1. The summed E-state index contributed by atoms with van der Waals surface area (Å²) in [6.45, 7) is 2.76. The minimum atomic E-state index is -0.559. The summed E-state index contributed by atoms with van der Waals surface area (Å²) in [6, 6.07) is 13.5.